The molecule has 0 amide bonds. The monoisotopic (exact) mass is 295 g/mol. The van der Waals surface area contributed by atoms with Gasteiger partial charge in [0.05, 0.1) is 12.0 Å². The van der Waals surface area contributed by atoms with Crippen LogP contribution in [0, 0.1) is 10.1 Å². The van der Waals surface area contributed by atoms with E-state index in [1.807, 2.05) is 0 Å². The molecule has 0 unspecified atom stereocenters. The molecule has 1 aliphatic rings. The lowest BCUT2D eigenvalue weighted by Crippen LogP contribution is -2.45. The highest BCUT2D eigenvalue weighted by Crippen LogP contribution is 2.40. The molecule has 0 aromatic heterocycles. The van der Waals surface area contributed by atoms with Crippen LogP contribution in [0.25, 0.3) is 0 Å². The van der Waals surface area contributed by atoms with E-state index in [1.54, 1.807) is 6.07 Å². The van der Waals surface area contributed by atoms with Crippen molar-refractivity contribution in [3.8, 4) is 11.5 Å². The van der Waals surface area contributed by atoms with Crippen LogP contribution in [0.4, 0.5) is 5.69 Å². The first-order valence-corrected chi connectivity index (χ1v) is 7.08. The number of hydrogen-bond donors (Lipinski definition) is 2. The van der Waals surface area contributed by atoms with Gasteiger partial charge in [-0.3, -0.25) is 15.0 Å². The number of rotatable bonds is 5. The molecule has 1 atom stereocenters. The van der Waals surface area contributed by atoms with Gasteiger partial charge in [0.15, 0.2) is 5.75 Å². The molecule has 0 bridgehead atoms. The van der Waals surface area contributed by atoms with E-state index in [0.717, 1.165) is 38.2 Å². The van der Waals surface area contributed by atoms with Crippen molar-refractivity contribution in [1.82, 2.24) is 10.2 Å². The van der Waals surface area contributed by atoms with Gasteiger partial charge in [-0.25, -0.2) is 0 Å². The fraction of sp³-hybridized carbons (Fsp3) is 0.571. The Balaban J connectivity index is 2.40. The first-order valence-electron chi connectivity index (χ1n) is 7.08. The van der Waals surface area contributed by atoms with Gasteiger partial charge in [0.2, 0.25) is 5.75 Å². The van der Waals surface area contributed by atoms with Crippen LogP contribution in [0.2, 0.25) is 0 Å². The van der Waals surface area contributed by atoms with Crippen molar-refractivity contribution in [1.29, 1.82) is 0 Å². The van der Waals surface area contributed by atoms with Crippen LogP contribution in [-0.2, 0) is 0 Å². The van der Waals surface area contributed by atoms with Gasteiger partial charge in [-0.2, -0.15) is 0 Å². The molecule has 1 saturated heterocycles. The van der Waals surface area contributed by atoms with Crippen molar-refractivity contribution >= 4 is 5.69 Å². The summed E-state index contributed by atoms with van der Waals surface area (Å²) in [6.07, 6.45) is 0.838. The number of piperazine rings is 1. The first-order chi connectivity index (χ1) is 10.1. The molecular weight excluding hydrogens is 274 g/mol. The zero-order chi connectivity index (χ0) is 15.4. The van der Waals surface area contributed by atoms with E-state index < -0.39 is 10.7 Å². The predicted molar refractivity (Wildman–Crippen MR) is 78.8 cm³/mol. The van der Waals surface area contributed by atoms with Crippen LogP contribution in [0.5, 0.6) is 11.5 Å². The van der Waals surface area contributed by atoms with Crippen molar-refractivity contribution in [2.45, 2.75) is 19.4 Å². The largest absolute Gasteiger partial charge is 0.500 e. The van der Waals surface area contributed by atoms with Gasteiger partial charge in [-0.15, -0.1) is 0 Å². The quantitative estimate of drug-likeness (QED) is 0.634. The lowest BCUT2D eigenvalue weighted by molar-refractivity contribution is -0.386. The Morgan fingerprint density at radius 2 is 2.14 bits per heavy atom. The Hall–Kier alpha value is -1.86. The van der Waals surface area contributed by atoms with E-state index in [4.69, 9.17) is 4.74 Å². The summed E-state index contributed by atoms with van der Waals surface area (Å²) in [6, 6.07) is 3.23. The summed E-state index contributed by atoms with van der Waals surface area (Å²) in [5, 5.41) is 24.2. The van der Waals surface area contributed by atoms with Crippen LogP contribution in [0.3, 0.4) is 0 Å². The Morgan fingerprint density at radius 1 is 1.48 bits per heavy atom. The Morgan fingerprint density at radius 3 is 2.67 bits per heavy atom. The van der Waals surface area contributed by atoms with E-state index in [9.17, 15) is 15.2 Å². The molecule has 7 nitrogen and oxygen atoms in total. The molecular formula is C14H21N3O4. The van der Waals surface area contributed by atoms with Crippen LogP contribution in [0.15, 0.2) is 12.1 Å². The van der Waals surface area contributed by atoms with E-state index in [0.29, 0.717) is 0 Å². The molecule has 0 radical (unpaired) electrons. The SMILES string of the molecule is CC[C@H](c1cc(OC)c(O)c([N+](=O)[O-])c1)N1CCNCC1. The van der Waals surface area contributed by atoms with Crippen LogP contribution in [0.1, 0.15) is 24.9 Å². The highest BCUT2D eigenvalue weighted by Gasteiger charge is 2.26. The van der Waals surface area contributed by atoms with Crippen LogP contribution < -0.4 is 10.1 Å². The second-order valence-electron chi connectivity index (χ2n) is 5.06. The number of nitro benzene ring substituents is 1. The number of ether oxygens (including phenoxy) is 1. The molecule has 1 heterocycles. The zero-order valence-electron chi connectivity index (χ0n) is 12.3. The molecule has 116 valence electrons. The molecule has 21 heavy (non-hydrogen) atoms. The molecule has 1 aromatic carbocycles. The highest BCUT2D eigenvalue weighted by atomic mass is 16.6. The van der Waals surface area contributed by atoms with Gasteiger partial charge in [-0.1, -0.05) is 6.92 Å². The lowest BCUT2D eigenvalue weighted by Gasteiger charge is -2.34. The number of aromatic hydroxyl groups is 1. The van der Waals surface area contributed by atoms with Crippen molar-refractivity contribution in [2.75, 3.05) is 33.3 Å². The summed E-state index contributed by atoms with van der Waals surface area (Å²) in [7, 11) is 1.40. The maximum atomic E-state index is 11.1. The maximum Gasteiger partial charge on any atom is 0.314 e. The van der Waals surface area contributed by atoms with Gasteiger partial charge in [-0.05, 0) is 18.1 Å². The summed E-state index contributed by atoms with van der Waals surface area (Å²) in [5.74, 6) is -0.269. The molecule has 1 aliphatic heterocycles. The molecule has 1 fully saturated rings. The number of phenolic OH excluding ortho intramolecular Hbond substituents is 1. The van der Waals surface area contributed by atoms with Crippen molar-refractivity contribution in [2.24, 2.45) is 0 Å². The number of phenols is 1. The van der Waals surface area contributed by atoms with E-state index >= 15 is 0 Å². The molecule has 0 spiro atoms. The van der Waals surface area contributed by atoms with Gasteiger partial charge in [0.1, 0.15) is 0 Å². The van der Waals surface area contributed by atoms with Gasteiger partial charge in [0.25, 0.3) is 0 Å². The van der Waals surface area contributed by atoms with E-state index in [2.05, 4.69) is 17.1 Å². The third kappa shape index (κ3) is 3.25. The highest BCUT2D eigenvalue weighted by molar-refractivity contribution is 5.57. The third-order valence-corrected chi connectivity index (χ3v) is 3.86. The maximum absolute atomic E-state index is 11.1. The third-order valence-electron chi connectivity index (χ3n) is 3.86. The van der Waals surface area contributed by atoms with Crippen molar-refractivity contribution in [3.05, 3.63) is 27.8 Å². The van der Waals surface area contributed by atoms with Crippen LogP contribution >= 0.6 is 0 Å². The minimum Gasteiger partial charge on any atom is -0.500 e. The van der Waals surface area contributed by atoms with Crippen molar-refractivity contribution in [3.63, 3.8) is 0 Å². The normalized spacial score (nSPS) is 17.4. The topological polar surface area (TPSA) is 87.9 Å². The van der Waals surface area contributed by atoms with Crippen LogP contribution in [-0.4, -0.2) is 48.2 Å². The number of nitrogens with zero attached hydrogens (tertiary/aromatic N) is 2. The smallest absolute Gasteiger partial charge is 0.314 e. The Labute approximate surface area is 123 Å². The zero-order valence-corrected chi connectivity index (χ0v) is 12.3. The minimum absolute atomic E-state index is 0.0836. The van der Waals surface area contributed by atoms with Crippen molar-refractivity contribution < 1.29 is 14.8 Å². The number of hydrogen-bond acceptors (Lipinski definition) is 6. The summed E-state index contributed by atoms with van der Waals surface area (Å²) < 4.78 is 5.07. The molecule has 2 rings (SSSR count). The Kier molecular flexibility index (Phi) is 4.98. The molecule has 0 aliphatic carbocycles. The van der Waals surface area contributed by atoms with Gasteiger partial charge in [0, 0.05) is 38.3 Å². The van der Waals surface area contributed by atoms with E-state index in [1.165, 1.54) is 13.2 Å². The average Bonchev–Trinajstić information content (AvgIpc) is 2.50. The summed E-state index contributed by atoms with van der Waals surface area (Å²) in [6.45, 7) is 5.67. The molecule has 7 heteroatoms. The first kappa shape index (κ1) is 15.5. The summed E-state index contributed by atoms with van der Waals surface area (Å²) in [5.41, 5.74) is 0.499. The minimum atomic E-state index is -0.578. The molecule has 1 aromatic rings. The number of benzene rings is 1. The summed E-state index contributed by atoms with van der Waals surface area (Å²) >= 11 is 0. The summed E-state index contributed by atoms with van der Waals surface area (Å²) in [4.78, 5) is 12.8. The number of nitro groups is 1. The lowest BCUT2D eigenvalue weighted by atomic mass is 10.0. The standard InChI is InChI=1S/C14H21N3O4/c1-3-11(16-6-4-15-5-7-16)10-8-12(17(19)20)14(18)13(9-10)21-2/h8-9,11,15,18H,3-7H2,1-2H3/t11-/m1/s1. The molecule has 2 N–H and O–H groups in total. The molecule has 0 saturated carbocycles. The van der Waals surface area contributed by atoms with E-state index in [-0.39, 0.29) is 17.5 Å². The number of methoxy groups -OCH3 is 1. The number of nitrogens with one attached hydrogen (secondary N) is 1. The second-order valence-corrected chi connectivity index (χ2v) is 5.06. The fourth-order valence-corrected chi connectivity index (χ4v) is 2.80. The fourth-order valence-electron chi connectivity index (χ4n) is 2.80. The average molecular weight is 295 g/mol. The van der Waals surface area contributed by atoms with Gasteiger partial charge < -0.3 is 15.2 Å². The van der Waals surface area contributed by atoms with Gasteiger partial charge >= 0.3 is 5.69 Å². The second kappa shape index (κ2) is 6.73. The Bertz CT molecular complexity index is 515. The predicted octanol–water partition coefficient (Wildman–Crippen LogP) is 1.67.